The van der Waals surface area contributed by atoms with Crippen molar-refractivity contribution in [1.29, 1.82) is 0 Å². The minimum atomic E-state index is -0.756. The molecule has 0 bridgehead atoms. The Morgan fingerprint density at radius 2 is 1.71 bits per heavy atom. The van der Waals surface area contributed by atoms with Crippen LogP contribution in [0, 0.1) is 5.82 Å². The van der Waals surface area contributed by atoms with Crippen molar-refractivity contribution in [3.8, 4) is 5.75 Å². The zero-order valence-electron chi connectivity index (χ0n) is 11.1. The van der Waals surface area contributed by atoms with Gasteiger partial charge in [0, 0.05) is 15.7 Å². The van der Waals surface area contributed by atoms with E-state index in [1.165, 1.54) is 24.3 Å². The van der Waals surface area contributed by atoms with E-state index < -0.39 is 6.10 Å². The average molecular weight is 328 g/mol. The Hall–Kier alpha value is -1.78. The van der Waals surface area contributed by atoms with E-state index in [1.807, 2.05) is 0 Å². The molecular weight excluding hydrogens is 316 g/mol. The van der Waals surface area contributed by atoms with Crippen LogP contribution >= 0.6 is 23.2 Å². The molecule has 0 radical (unpaired) electrons. The minimum Gasteiger partial charge on any atom is -0.481 e. The number of carbonyl (C=O) groups is 1. The van der Waals surface area contributed by atoms with E-state index in [2.05, 4.69) is 5.32 Å². The number of ether oxygens (including phenoxy) is 1. The van der Waals surface area contributed by atoms with Crippen LogP contribution in [0.4, 0.5) is 10.1 Å². The molecule has 0 aliphatic carbocycles. The lowest BCUT2D eigenvalue weighted by atomic mass is 10.3. The fraction of sp³-hybridized carbons (Fsp3) is 0.133. The molecule has 2 aromatic carbocycles. The second kappa shape index (κ2) is 6.78. The molecule has 0 unspecified atom stereocenters. The van der Waals surface area contributed by atoms with Crippen molar-refractivity contribution in [2.45, 2.75) is 13.0 Å². The highest BCUT2D eigenvalue weighted by Gasteiger charge is 2.15. The fourth-order valence-corrected chi connectivity index (χ4v) is 2.17. The Kier molecular flexibility index (Phi) is 5.04. The molecule has 0 aliphatic rings. The van der Waals surface area contributed by atoms with Crippen LogP contribution in [0.1, 0.15) is 6.92 Å². The Balaban J connectivity index is 2.00. The molecule has 110 valence electrons. The summed E-state index contributed by atoms with van der Waals surface area (Å²) < 4.78 is 18.2. The van der Waals surface area contributed by atoms with Crippen LogP contribution in [0.3, 0.4) is 0 Å². The SMILES string of the molecule is C[C@@H](Oc1ccc(F)cc1)C(=O)Nc1cc(Cl)cc(Cl)c1. The highest BCUT2D eigenvalue weighted by Crippen LogP contribution is 2.23. The zero-order valence-corrected chi connectivity index (χ0v) is 12.6. The third kappa shape index (κ3) is 4.62. The summed E-state index contributed by atoms with van der Waals surface area (Å²) in [5, 5.41) is 3.49. The quantitative estimate of drug-likeness (QED) is 0.895. The van der Waals surface area contributed by atoms with E-state index in [-0.39, 0.29) is 11.7 Å². The van der Waals surface area contributed by atoms with Crippen molar-refractivity contribution in [2.24, 2.45) is 0 Å². The Morgan fingerprint density at radius 3 is 2.29 bits per heavy atom. The van der Waals surface area contributed by atoms with Gasteiger partial charge in [0.2, 0.25) is 0 Å². The number of carbonyl (C=O) groups excluding carboxylic acids is 1. The third-order valence-corrected chi connectivity index (χ3v) is 3.06. The molecular formula is C15H12Cl2FNO2. The first-order chi connectivity index (χ1) is 9.94. The van der Waals surface area contributed by atoms with Gasteiger partial charge in [0.15, 0.2) is 6.10 Å². The van der Waals surface area contributed by atoms with E-state index in [1.54, 1.807) is 25.1 Å². The number of anilines is 1. The van der Waals surface area contributed by atoms with Gasteiger partial charge in [-0.1, -0.05) is 23.2 Å². The first-order valence-corrected chi connectivity index (χ1v) is 6.89. The summed E-state index contributed by atoms with van der Waals surface area (Å²) in [5.74, 6) is -0.325. The van der Waals surface area contributed by atoms with E-state index in [9.17, 15) is 9.18 Å². The topological polar surface area (TPSA) is 38.3 Å². The molecule has 0 aliphatic heterocycles. The predicted octanol–water partition coefficient (Wildman–Crippen LogP) is 4.54. The van der Waals surface area contributed by atoms with Crippen molar-refractivity contribution in [3.63, 3.8) is 0 Å². The van der Waals surface area contributed by atoms with E-state index in [0.29, 0.717) is 21.5 Å². The number of amides is 1. The van der Waals surface area contributed by atoms with Crippen molar-refractivity contribution in [3.05, 3.63) is 58.3 Å². The van der Waals surface area contributed by atoms with Crippen LogP contribution < -0.4 is 10.1 Å². The smallest absolute Gasteiger partial charge is 0.265 e. The summed E-state index contributed by atoms with van der Waals surface area (Å²) >= 11 is 11.7. The summed E-state index contributed by atoms with van der Waals surface area (Å²) in [6.07, 6.45) is -0.756. The van der Waals surface area contributed by atoms with Crippen molar-refractivity contribution in [1.82, 2.24) is 0 Å². The molecule has 21 heavy (non-hydrogen) atoms. The van der Waals surface area contributed by atoms with Gasteiger partial charge in [-0.2, -0.15) is 0 Å². The third-order valence-electron chi connectivity index (χ3n) is 2.63. The van der Waals surface area contributed by atoms with Gasteiger partial charge in [0.1, 0.15) is 11.6 Å². The van der Waals surface area contributed by atoms with Gasteiger partial charge in [0.05, 0.1) is 0 Å². The average Bonchev–Trinajstić information content (AvgIpc) is 2.40. The van der Waals surface area contributed by atoms with Crippen LogP contribution in [0.15, 0.2) is 42.5 Å². The molecule has 2 rings (SSSR count). The molecule has 1 atom stereocenters. The number of benzene rings is 2. The molecule has 0 heterocycles. The van der Waals surface area contributed by atoms with Crippen LogP contribution in [-0.4, -0.2) is 12.0 Å². The summed E-state index contributed by atoms with van der Waals surface area (Å²) in [7, 11) is 0. The summed E-state index contributed by atoms with van der Waals surface area (Å²) in [5.41, 5.74) is 0.479. The standard InChI is InChI=1S/C15H12Cl2FNO2/c1-9(21-14-4-2-12(18)3-5-14)15(20)19-13-7-10(16)6-11(17)8-13/h2-9H,1H3,(H,19,20)/t9-/m1/s1. The lowest BCUT2D eigenvalue weighted by Crippen LogP contribution is -2.30. The molecule has 3 nitrogen and oxygen atoms in total. The molecule has 6 heteroatoms. The van der Waals surface area contributed by atoms with Gasteiger partial charge in [0.25, 0.3) is 5.91 Å². The van der Waals surface area contributed by atoms with Gasteiger partial charge in [-0.05, 0) is 49.4 Å². The fourth-order valence-electron chi connectivity index (χ4n) is 1.64. The molecule has 0 aromatic heterocycles. The van der Waals surface area contributed by atoms with Gasteiger partial charge in [-0.3, -0.25) is 4.79 Å². The maximum absolute atomic E-state index is 12.8. The lowest BCUT2D eigenvalue weighted by molar-refractivity contribution is -0.122. The molecule has 1 amide bonds. The predicted molar refractivity (Wildman–Crippen MR) is 81.6 cm³/mol. The summed E-state index contributed by atoms with van der Waals surface area (Å²) in [6, 6.07) is 10.2. The molecule has 2 aromatic rings. The second-order valence-corrected chi connectivity index (χ2v) is 5.23. The van der Waals surface area contributed by atoms with Crippen LogP contribution in [-0.2, 0) is 4.79 Å². The molecule has 0 saturated carbocycles. The summed E-state index contributed by atoms with van der Waals surface area (Å²) in [6.45, 7) is 1.59. The normalized spacial score (nSPS) is 11.8. The van der Waals surface area contributed by atoms with Crippen molar-refractivity contribution >= 4 is 34.8 Å². The highest BCUT2D eigenvalue weighted by atomic mass is 35.5. The van der Waals surface area contributed by atoms with Gasteiger partial charge < -0.3 is 10.1 Å². The lowest BCUT2D eigenvalue weighted by Gasteiger charge is -2.15. The number of hydrogen-bond donors (Lipinski definition) is 1. The van der Waals surface area contributed by atoms with Crippen LogP contribution in [0.2, 0.25) is 10.0 Å². The number of hydrogen-bond acceptors (Lipinski definition) is 2. The maximum atomic E-state index is 12.8. The van der Waals surface area contributed by atoms with E-state index >= 15 is 0 Å². The van der Waals surface area contributed by atoms with Gasteiger partial charge in [-0.15, -0.1) is 0 Å². The van der Waals surface area contributed by atoms with Gasteiger partial charge >= 0.3 is 0 Å². The highest BCUT2D eigenvalue weighted by molar-refractivity contribution is 6.35. The van der Waals surface area contributed by atoms with Crippen molar-refractivity contribution < 1.29 is 13.9 Å². The number of rotatable bonds is 4. The molecule has 1 N–H and O–H groups in total. The second-order valence-electron chi connectivity index (χ2n) is 4.36. The summed E-state index contributed by atoms with van der Waals surface area (Å²) in [4.78, 5) is 12.0. The Labute approximate surface area is 131 Å². The monoisotopic (exact) mass is 327 g/mol. The van der Waals surface area contributed by atoms with Crippen LogP contribution in [0.5, 0.6) is 5.75 Å². The maximum Gasteiger partial charge on any atom is 0.265 e. The molecule has 0 spiro atoms. The number of halogens is 3. The molecule has 0 fully saturated rings. The van der Waals surface area contributed by atoms with Crippen molar-refractivity contribution in [2.75, 3.05) is 5.32 Å². The van der Waals surface area contributed by atoms with Gasteiger partial charge in [-0.25, -0.2) is 4.39 Å². The Bertz CT molecular complexity index is 626. The molecule has 0 saturated heterocycles. The van der Waals surface area contributed by atoms with E-state index in [0.717, 1.165) is 0 Å². The largest absolute Gasteiger partial charge is 0.481 e. The first-order valence-electron chi connectivity index (χ1n) is 6.13. The Morgan fingerprint density at radius 1 is 1.14 bits per heavy atom. The zero-order chi connectivity index (χ0) is 15.4. The first kappa shape index (κ1) is 15.6. The van der Waals surface area contributed by atoms with Crippen LogP contribution in [0.25, 0.3) is 0 Å². The van der Waals surface area contributed by atoms with E-state index in [4.69, 9.17) is 27.9 Å². The minimum absolute atomic E-state index is 0.363. The number of nitrogens with one attached hydrogen (secondary N) is 1.